The molecular weight excluding hydrogens is 226 g/mol. The van der Waals surface area contributed by atoms with Gasteiger partial charge in [-0.05, 0) is 43.5 Å². The lowest BCUT2D eigenvalue weighted by atomic mass is 10.0. The van der Waals surface area contributed by atoms with E-state index in [1.165, 1.54) is 11.1 Å². The lowest BCUT2D eigenvalue weighted by molar-refractivity contribution is 0.399. The zero-order valence-electron chi connectivity index (χ0n) is 11.3. The van der Waals surface area contributed by atoms with Crippen LogP contribution in [0.3, 0.4) is 0 Å². The van der Waals surface area contributed by atoms with Gasteiger partial charge in [0.1, 0.15) is 5.76 Å². The maximum absolute atomic E-state index is 5.59. The van der Waals surface area contributed by atoms with E-state index in [-0.39, 0.29) is 6.04 Å². The van der Waals surface area contributed by atoms with Crippen LogP contribution in [0.5, 0.6) is 0 Å². The highest BCUT2D eigenvalue weighted by Gasteiger charge is 2.16. The average molecular weight is 247 g/mol. The van der Waals surface area contributed by atoms with Crippen molar-refractivity contribution >= 4 is 0 Å². The molecule has 0 aliphatic heterocycles. The molecule has 0 aliphatic rings. The van der Waals surface area contributed by atoms with E-state index in [1.807, 2.05) is 24.0 Å². The molecule has 1 N–H and O–H groups in total. The number of aromatic nitrogens is 2. The molecule has 0 bridgehead atoms. The minimum absolute atomic E-state index is 0.283. The van der Waals surface area contributed by atoms with Crippen LogP contribution >= 0.6 is 0 Å². The first-order valence-electron chi connectivity index (χ1n) is 6.45. The van der Waals surface area contributed by atoms with Crippen molar-refractivity contribution in [3.63, 3.8) is 0 Å². The van der Waals surface area contributed by atoms with E-state index in [0.717, 1.165) is 25.1 Å². The number of furan rings is 1. The summed E-state index contributed by atoms with van der Waals surface area (Å²) in [5.41, 5.74) is 2.48. The summed E-state index contributed by atoms with van der Waals surface area (Å²) in [7, 11) is 1.95. The SMILES string of the molecule is CCNC(CCc1cnn(C)c1)c1occc1C. The van der Waals surface area contributed by atoms with Gasteiger partial charge in [-0.2, -0.15) is 5.10 Å². The van der Waals surface area contributed by atoms with Gasteiger partial charge in [0.2, 0.25) is 0 Å². The van der Waals surface area contributed by atoms with E-state index < -0.39 is 0 Å². The maximum Gasteiger partial charge on any atom is 0.123 e. The summed E-state index contributed by atoms with van der Waals surface area (Å²) in [5.74, 6) is 1.06. The van der Waals surface area contributed by atoms with Crippen molar-refractivity contribution in [1.29, 1.82) is 0 Å². The van der Waals surface area contributed by atoms with Gasteiger partial charge in [0.05, 0.1) is 18.5 Å². The van der Waals surface area contributed by atoms with Crippen molar-refractivity contribution in [3.8, 4) is 0 Å². The van der Waals surface area contributed by atoms with Crippen LogP contribution < -0.4 is 5.32 Å². The molecule has 18 heavy (non-hydrogen) atoms. The molecule has 0 radical (unpaired) electrons. The number of nitrogens with one attached hydrogen (secondary N) is 1. The van der Waals surface area contributed by atoms with Crippen molar-refractivity contribution in [3.05, 3.63) is 41.6 Å². The predicted molar refractivity (Wildman–Crippen MR) is 71.4 cm³/mol. The zero-order valence-corrected chi connectivity index (χ0v) is 11.3. The van der Waals surface area contributed by atoms with Crippen molar-refractivity contribution < 1.29 is 4.42 Å². The third-order valence-corrected chi connectivity index (χ3v) is 3.15. The van der Waals surface area contributed by atoms with E-state index in [1.54, 1.807) is 6.26 Å². The zero-order chi connectivity index (χ0) is 13.0. The molecule has 0 saturated heterocycles. The highest BCUT2D eigenvalue weighted by Crippen LogP contribution is 2.23. The Balaban J connectivity index is 2.01. The van der Waals surface area contributed by atoms with Crippen LogP contribution in [-0.4, -0.2) is 16.3 Å². The highest BCUT2D eigenvalue weighted by atomic mass is 16.3. The predicted octanol–water partition coefficient (Wildman–Crippen LogP) is 2.60. The van der Waals surface area contributed by atoms with Gasteiger partial charge >= 0.3 is 0 Å². The smallest absolute Gasteiger partial charge is 0.123 e. The van der Waals surface area contributed by atoms with Crippen LogP contribution in [0.1, 0.15) is 36.3 Å². The molecule has 2 heterocycles. The number of hydrogen-bond donors (Lipinski definition) is 1. The van der Waals surface area contributed by atoms with Gasteiger partial charge in [-0.3, -0.25) is 4.68 Å². The van der Waals surface area contributed by atoms with Gasteiger partial charge in [0.15, 0.2) is 0 Å². The fourth-order valence-corrected chi connectivity index (χ4v) is 2.23. The summed E-state index contributed by atoms with van der Waals surface area (Å²) in [6.45, 7) is 5.15. The normalized spacial score (nSPS) is 12.8. The van der Waals surface area contributed by atoms with Gasteiger partial charge in [-0.25, -0.2) is 0 Å². The number of rotatable bonds is 6. The molecular formula is C14H21N3O. The first kappa shape index (κ1) is 12.9. The average Bonchev–Trinajstić information content (AvgIpc) is 2.94. The van der Waals surface area contributed by atoms with Crippen LogP contribution in [0.2, 0.25) is 0 Å². The van der Waals surface area contributed by atoms with Crippen molar-refractivity contribution in [1.82, 2.24) is 15.1 Å². The fraction of sp³-hybridized carbons (Fsp3) is 0.500. The maximum atomic E-state index is 5.59. The second kappa shape index (κ2) is 5.87. The summed E-state index contributed by atoms with van der Waals surface area (Å²) in [6, 6.07) is 2.30. The van der Waals surface area contributed by atoms with E-state index in [0.29, 0.717) is 0 Å². The van der Waals surface area contributed by atoms with Crippen LogP contribution in [0.4, 0.5) is 0 Å². The molecule has 0 amide bonds. The van der Waals surface area contributed by atoms with Crippen molar-refractivity contribution in [2.75, 3.05) is 6.54 Å². The third-order valence-electron chi connectivity index (χ3n) is 3.15. The van der Waals surface area contributed by atoms with Crippen LogP contribution in [-0.2, 0) is 13.5 Å². The van der Waals surface area contributed by atoms with Gasteiger partial charge in [-0.1, -0.05) is 6.92 Å². The number of aryl methyl sites for hydroxylation is 3. The third kappa shape index (κ3) is 3.01. The summed E-state index contributed by atoms with van der Waals surface area (Å²) in [6.07, 6.45) is 7.79. The standard InChI is InChI=1S/C14H21N3O/c1-4-15-13(14-11(2)7-8-18-14)6-5-12-9-16-17(3)10-12/h7-10,13,15H,4-6H2,1-3H3. The van der Waals surface area contributed by atoms with E-state index >= 15 is 0 Å². The van der Waals surface area contributed by atoms with Crippen LogP contribution in [0, 0.1) is 6.92 Å². The molecule has 0 spiro atoms. The van der Waals surface area contributed by atoms with E-state index in [9.17, 15) is 0 Å². The summed E-state index contributed by atoms with van der Waals surface area (Å²) in [4.78, 5) is 0. The molecule has 0 aliphatic carbocycles. The van der Waals surface area contributed by atoms with Gasteiger partial charge in [-0.15, -0.1) is 0 Å². The molecule has 2 rings (SSSR count). The highest BCUT2D eigenvalue weighted by molar-refractivity contribution is 5.18. The van der Waals surface area contributed by atoms with E-state index in [2.05, 4.69) is 30.5 Å². The molecule has 1 unspecified atom stereocenters. The number of nitrogens with zero attached hydrogens (tertiary/aromatic N) is 2. The molecule has 0 aromatic carbocycles. The molecule has 0 saturated carbocycles. The summed E-state index contributed by atoms with van der Waals surface area (Å²) < 4.78 is 7.43. The van der Waals surface area contributed by atoms with Gasteiger partial charge in [0.25, 0.3) is 0 Å². The first-order chi connectivity index (χ1) is 8.70. The number of hydrogen-bond acceptors (Lipinski definition) is 3. The monoisotopic (exact) mass is 247 g/mol. The summed E-state index contributed by atoms with van der Waals surface area (Å²) >= 11 is 0. The first-order valence-corrected chi connectivity index (χ1v) is 6.45. The van der Waals surface area contributed by atoms with E-state index in [4.69, 9.17) is 4.42 Å². The second-order valence-electron chi connectivity index (χ2n) is 4.64. The lowest BCUT2D eigenvalue weighted by Gasteiger charge is -2.16. The Hall–Kier alpha value is -1.55. The Labute approximate surface area is 108 Å². The molecule has 2 aromatic heterocycles. The molecule has 2 aromatic rings. The van der Waals surface area contributed by atoms with Crippen molar-refractivity contribution in [2.45, 2.75) is 32.7 Å². The molecule has 1 atom stereocenters. The minimum atomic E-state index is 0.283. The fourth-order valence-electron chi connectivity index (χ4n) is 2.23. The quantitative estimate of drug-likeness (QED) is 0.853. The molecule has 4 heteroatoms. The Bertz CT molecular complexity index is 487. The topological polar surface area (TPSA) is 43.0 Å². The molecule has 0 fully saturated rings. The van der Waals surface area contributed by atoms with Crippen LogP contribution in [0.15, 0.2) is 29.1 Å². The Morgan fingerprint density at radius 1 is 1.50 bits per heavy atom. The van der Waals surface area contributed by atoms with Crippen LogP contribution in [0.25, 0.3) is 0 Å². The van der Waals surface area contributed by atoms with Crippen molar-refractivity contribution in [2.24, 2.45) is 7.05 Å². The lowest BCUT2D eigenvalue weighted by Crippen LogP contribution is -2.21. The van der Waals surface area contributed by atoms with Gasteiger partial charge < -0.3 is 9.73 Å². The Morgan fingerprint density at radius 3 is 2.89 bits per heavy atom. The second-order valence-corrected chi connectivity index (χ2v) is 4.64. The molecule has 98 valence electrons. The van der Waals surface area contributed by atoms with Gasteiger partial charge in [0, 0.05) is 13.2 Å². The Morgan fingerprint density at radius 2 is 2.33 bits per heavy atom. The summed E-state index contributed by atoms with van der Waals surface area (Å²) in [5, 5.41) is 7.68. The largest absolute Gasteiger partial charge is 0.467 e. The molecule has 4 nitrogen and oxygen atoms in total. The minimum Gasteiger partial charge on any atom is -0.467 e. The Kier molecular flexibility index (Phi) is 4.20.